The minimum atomic E-state index is -0.159. The van der Waals surface area contributed by atoms with Crippen molar-refractivity contribution in [2.24, 2.45) is 0 Å². The molecule has 0 bridgehead atoms. The van der Waals surface area contributed by atoms with E-state index in [1.54, 1.807) is 7.11 Å². The second kappa shape index (κ2) is 8.12. The van der Waals surface area contributed by atoms with Crippen LogP contribution in [0.1, 0.15) is 19.4 Å². The van der Waals surface area contributed by atoms with Crippen molar-refractivity contribution in [3.05, 3.63) is 30.5 Å². The van der Waals surface area contributed by atoms with Crippen LogP contribution in [0.5, 0.6) is 5.75 Å². The molecule has 2 aromatic rings. The summed E-state index contributed by atoms with van der Waals surface area (Å²) in [5.74, 6) is 0.858. The van der Waals surface area contributed by atoms with Crippen molar-refractivity contribution in [3.63, 3.8) is 0 Å². The van der Waals surface area contributed by atoms with E-state index in [4.69, 9.17) is 4.74 Å². The third-order valence-corrected chi connectivity index (χ3v) is 4.05. The van der Waals surface area contributed by atoms with Gasteiger partial charge < -0.3 is 15.4 Å². The number of ether oxygens (including phenoxy) is 1. The Kier molecular flexibility index (Phi) is 6.16. The van der Waals surface area contributed by atoms with Gasteiger partial charge in [-0.1, -0.05) is 5.21 Å². The summed E-state index contributed by atoms with van der Waals surface area (Å²) >= 11 is 0. The Balaban J connectivity index is 0.00000208. The van der Waals surface area contributed by atoms with Gasteiger partial charge in [0, 0.05) is 18.7 Å². The quantitative estimate of drug-likeness (QED) is 0.851. The van der Waals surface area contributed by atoms with Crippen LogP contribution in [-0.2, 0) is 4.79 Å². The average Bonchev–Trinajstić information content (AvgIpc) is 3.24. The van der Waals surface area contributed by atoms with E-state index in [0.29, 0.717) is 13.1 Å². The minimum Gasteiger partial charge on any atom is -0.497 e. The zero-order chi connectivity index (χ0) is 16.2. The first-order valence-corrected chi connectivity index (χ1v) is 7.78. The summed E-state index contributed by atoms with van der Waals surface area (Å²) < 4.78 is 7.00. The van der Waals surface area contributed by atoms with Gasteiger partial charge in [-0.3, -0.25) is 4.79 Å². The Hall–Kier alpha value is -2.12. The van der Waals surface area contributed by atoms with Gasteiger partial charge in [0.05, 0.1) is 25.4 Å². The number of rotatable bonds is 5. The maximum absolute atomic E-state index is 11.9. The molecule has 1 fully saturated rings. The zero-order valence-electron chi connectivity index (χ0n) is 13.7. The zero-order valence-corrected chi connectivity index (χ0v) is 14.5. The number of halogens is 1. The van der Waals surface area contributed by atoms with Crippen molar-refractivity contribution >= 4 is 18.3 Å². The molecule has 0 saturated carbocycles. The van der Waals surface area contributed by atoms with Gasteiger partial charge in [-0.2, -0.15) is 0 Å². The van der Waals surface area contributed by atoms with Crippen molar-refractivity contribution in [2.45, 2.75) is 25.4 Å². The van der Waals surface area contributed by atoms with Crippen LogP contribution in [0.25, 0.3) is 11.3 Å². The van der Waals surface area contributed by atoms with Crippen molar-refractivity contribution in [3.8, 4) is 17.0 Å². The summed E-state index contributed by atoms with van der Waals surface area (Å²) in [5, 5.41) is 14.5. The number of carbonyl (C=O) groups is 1. The number of carbonyl (C=O) groups excluding carboxylic acids is 1. The summed E-state index contributed by atoms with van der Waals surface area (Å²) in [4.78, 5) is 11.9. The van der Waals surface area contributed by atoms with Crippen LogP contribution in [0.2, 0.25) is 0 Å². The molecule has 0 unspecified atom stereocenters. The summed E-state index contributed by atoms with van der Waals surface area (Å²) in [6, 6.07) is 7.69. The normalized spacial score (nSPS) is 19.6. The fourth-order valence-electron chi connectivity index (χ4n) is 2.76. The molecule has 1 aliphatic heterocycles. The molecule has 1 aliphatic rings. The van der Waals surface area contributed by atoms with Gasteiger partial charge >= 0.3 is 0 Å². The number of hydrogen-bond acceptors (Lipinski definition) is 5. The van der Waals surface area contributed by atoms with E-state index in [1.165, 1.54) is 0 Å². The van der Waals surface area contributed by atoms with Crippen molar-refractivity contribution in [1.29, 1.82) is 0 Å². The first kappa shape index (κ1) is 18.2. The highest BCUT2D eigenvalue weighted by atomic mass is 35.5. The maximum Gasteiger partial charge on any atom is 0.237 e. The number of methoxy groups -OCH3 is 1. The maximum atomic E-state index is 11.9. The number of hydrogen-bond donors (Lipinski definition) is 2. The van der Waals surface area contributed by atoms with E-state index < -0.39 is 0 Å². The molecule has 1 aromatic carbocycles. The standard InChI is InChI=1S/C16H21N5O2.ClH/c1-3-17-16(22)14-8-12(9-18-14)21-10-15(19-20-21)11-4-6-13(23-2)7-5-11;/h4-7,10,12,14,18H,3,8-9H2,1-2H3,(H,17,22);1H/t12-,14-;/m0./s1. The van der Waals surface area contributed by atoms with Crippen molar-refractivity contribution in [1.82, 2.24) is 25.6 Å². The molecular formula is C16H22ClN5O2. The van der Waals surface area contributed by atoms with Gasteiger partial charge in [0.15, 0.2) is 0 Å². The smallest absolute Gasteiger partial charge is 0.237 e. The molecule has 24 heavy (non-hydrogen) atoms. The Morgan fingerprint density at radius 3 is 2.83 bits per heavy atom. The molecule has 1 amide bonds. The molecule has 0 spiro atoms. The second-order valence-electron chi connectivity index (χ2n) is 5.56. The number of nitrogens with one attached hydrogen (secondary N) is 2. The van der Waals surface area contributed by atoms with E-state index >= 15 is 0 Å². The van der Waals surface area contributed by atoms with Crippen LogP contribution in [0.3, 0.4) is 0 Å². The van der Waals surface area contributed by atoms with Crippen LogP contribution in [0, 0.1) is 0 Å². The Morgan fingerprint density at radius 2 is 2.17 bits per heavy atom. The van der Waals surface area contributed by atoms with E-state index in [2.05, 4.69) is 20.9 Å². The lowest BCUT2D eigenvalue weighted by atomic mass is 10.1. The number of amides is 1. The molecule has 0 radical (unpaired) electrons. The third-order valence-electron chi connectivity index (χ3n) is 4.05. The first-order chi connectivity index (χ1) is 11.2. The van der Waals surface area contributed by atoms with Crippen LogP contribution in [-0.4, -0.2) is 47.1 Å². The van der Waals surface area contributed by atoms with E-state index in [-0.39, 0.29) is 30.4 Å². The van der Waals surface area contributed by atoms with Crippen LogP contribution >= 0.6 is 12.4 Å². The van der Waals surface area contributed by atoms with Gasteiger partial charge in [0.1, 0.15) is 11.4 Å². The SMILES string of the molecule is CCNC(=O)[C@@H]1C[C@H](n2cc(-c3ccc(OC)cc3)nn2)CN1.Cl. The fraction of sp³-hybridized carbons (Fsp3) is 0.438. The monoisotopic (exact) mass is 351 g/mol. The van der Waals surface area contributed by atoms with E-state index in [0.717, 1.165) is 23.4 Å². The van der Waals surface area contributed by atoms with Gasteiger partial charge in [0.2, 0.25) is 5.91 Å². The van der Waals surface area contributed by atoms with E-state index in [1.807, 2.05) is 42.1 Å². The largest absolute Gasteiger partial charge is 0.497 e. The lowest BCUT2D eigenvalue weighted by Gasteiger charge is -2.10. The molecule has 1 saturated heterocycles. The van der Waals surface area contributed by atoms with Gasteiger partial charge in [-0.25, -0.2) is 4.68 Å². The van der Waals surface area contributed by atoms with Crippen LogP contribution in [0.4, 0.5) is 0 Å². The lowest BCUT2D eigenvalue weighted by Crippen LogP contribution is -2.40. The molecule has 1 aromatic heterocycles. The number of benzene rings is 1. The predicted octanol–water partition coefficient (Wildman–Crippen LogP) is 1.41. The number of likely N-dealkylation sites (N-methyl/N-ethyl adjacent to an activating group) is 1. The topological polar surface area (TPSA) is 81.1 Å². The number of aromatic nitrogens is 3. The Bertz CT molecular complexity index is 673. The summed E-state index contributed by atoms with van der Waals surface area (Å²) in [6.07, 6.45) is 2.64. The molecule has 3 rings (SSSR count). The molecule has 8 heteroatoms. The van der Waals surface area contributed by atoms with Crippen molar-refractivity contribution in [2.75, 3.05) is 20.2 Å². The number of nitrogens with zero attached hydrogens (tertiary/aromatic N) is 3. The van der Waals surface area contributed by atoms with Gasteiger partial charge in [0.25, 0.3) is 0 Å². The minimum absolute atomic E-state index is 0. The highest BCUT2D eigenvalue weighted by molar-refractivity contribution is 5.85. The van der Waals surface area contributed by atoms with Gasteiger partial charge in [-0.05, 0) is 37.6 Å². The first-order valence-electron chi connectivity index (χ1n) is 7.78. The van der Waals surface area contributed by atoms with Crippen LogP contribution < -0.4 is 15.4 Å². The highest BCUT2D eigenvalue weighted by Gasteiger charge is 2.30. The predicted molar refractivity (Wildman–Crippen MR) is 93.4 cm³/mol. The molecule has 7 nitrogen and oxygen atoms in total. The molecular weight excluding hydrogens is 330 g/mol. The third kappa shape index (κ3) is 3.85. The molecule has 2 heterocycles. The molecule has 2 N–H and O–H groups in total. The average molecular weight is 352 g/mol. The second-order valence-corrected chi connectivity index (χ2v) is 5.56. The summed E-state index contributed by atoms with van der Waals surface area (Å²) in [7, 11) is 1.64. The Morgan fingerprint density at radius 1 is 1.42 bits per heavy atom. The van der Waals surface area contributed by atoms with Crippen molar-refractivity contribution < 1.29 is 9.53 Å². The molecule has 2 atom stereocenters. The Labute approximate surface area is 147 Å². The van der Waals surface area contributed by atoms with E-state index in [9.17, 15) is 4.79 Å². The van der Waals surface area contributed by atoms with Gasteiger partial charge in [-0.15, -0.1) is 17.5 Å². The summed E-state index contributed by atoms with van der Waals surface area (Å²) in [5.41, 5.74) is 1.80. The highest BCUT2D eigenvalue weighted by Crippen LogP contribution is 2.23. The molecule has 0 aliphatic carbocycles. The summed E-state index contributed by atoms with van der Waals surface area (Å²) in [6.45, 7) is 3.28. The lowest BCUT2D eigenvalue weighted by molar-refractivity contribution is -0.122. The van der Waals surface area contributed by atoms with Crippen LogP contribution in [0.15, 0.2) is 30.5 Å². The fourth-order valence-corrected chi connectivity index (χ4v) is 2.76. The molecule has 130 valence electrons.